The maximum Gasteiger partial charge on any atom is 0.339 e. The van der Waals surface area contributed by atoms with Gasteiger partial charge in [-0.05, 0) is 23.8 Å². The summed E-state index contributed by atoms with van der Waals surface area (Å²) in [6, 6.07) is 12.7. The topological polar surface area (TPSA) is 85.6 Å². The zero-order chi connectivity index (χ0) is 16.5. The summed E-state index contributed by atoms with van der Waals surface area (Å²) in [7, 11) is 0. The number of fused-ring (bicyclic) bond motifs is 2. The highest BCUT2D eigenvalue weighted by molar-refractivity contribution is 5.95. The molecule has 1 amide bonds. The second kappa shape index (κ2) is 5.77. The molecular weight excluding hydrogens is 308 g/mol. The molecule has 7 nitrogen and oxygen atoms in total. The summed E-state index contributed by atoms with van der Waals surface area (Å²) in [6.45, 7) is 0.208. The standard InChI is InChI=1S/C17H14N4O3/c22-16(13-9-11-5-1-2-6-12(11)17(23)24-13)18-10-15-20-19-14-7-3-4-8-21(14)15/h1-8,13H,9-10H2,(H,18,22). The lowest BCUT2D eigenvalue weighted by Gasteiger charge is -2.23. The molecule has 0 spiro atoms. The van der Waals surface area contributed by atoms with E-state index in [2.05, 4.69) is 15.5 Å². The van der Waals surface area contributed by atoms with Crippen molar-refractivity contribution < 1.29 is 14.3 Å². The van der Waals surface area contributed by atoms with Crippen molar-refractivity contribution in [3.05, 3.63) is 65.6 Å². The fourth-order valence-electron chi connectivity index (χ4n) is 2.77. The van der Waals surface area contributed by atoms with Crippen molar-refractivity contribution in [1.29, 1.82) is 0 Å². The molecule has 1 aliphatic rings. The summed E-state index contributed by atoms with van der Waals surface area (Å²) in [5.74, 6) is -0.197. The summed E-state index contributed by atoms with van der Waals surface area (Å²) in [5, 5.41) is 10.8. The molecule has 0 fully saturated rings. The zero-order valence-corrected chi connectivity index (χ0v) is 12.7. The molecular formula is C17H14N4O3. The van der Waals surface area contributed by atoms with Gasteiger partial charge in [-0.15, -0.1) is 10.2 Å². The minimum atomic E-state index is -0.827. The number of ether oxygens (including phenoxy) is 1. The Morgan fingerprint density at radius 3 is 2.96 bits per heavy atom. The van der Waals surface area contributed by atoms with Gasteiger partial charge in [0.2, 0.25) is 0 Å². The summed E-state index contributed by atoms with van der Waals surface area (Å²) < 4.78 is 7.03. The van der Waals surface area contributed by atoms with Crippen LogP contribution in [-0.2, 0) is 22.5 Å². The van der Waals surface area contributed by atoms with Gasteiger partial charge >= 0.3 is 5.97 Å². The molecule has 0 radical (unpaired) electrons. The van der Waals surface area contributed by atoms with Crippen LogP contribution < -0.4 is 5.32 Å². The number of benzene rings is 1. The molecule has 1 aromatic carbocycles. The maximum atomic E-state index is 12.3. The highest BCUT2D eigenvalue weighted by Gasteiger charge is 2.30. The second-order valence-electron chi connectivity index (χ2n) is 5.52. The van der Waals surface area contributed by atoms with Crippen LogP contribution >= 0.6 is 0 Å². The van der Waals surface area contributed by atoms with Crippen LogP contribution in [0.25, 0.3) is 5.65 Å². The summed E-state index contributed by atoms with van der Waals surface area (Å²) >= 11 is 0. The molecule has 0 bridgehead atoms. The highest BCUT2D eigenvalue weighted by atomic mass is 16.5. The largest absolute Gasteiger partial charge is 0.448 e. The van der Waals surface area contributed by atoms with Gasteiger partial charge in [0.15, 0.2) is 17.6 Å². The van der Waals surface area contributed by atoms with Crippen molar-refractivity contribution in [2.45, 2.75) is 19.1 Å². The molecule has 1 N–H and O–H groups in total. The highest BCUT2D eigenvalue weighted by Crippen LogP contribution is 2.20. The molecule has 3 aromatic rings. The van der Waals surface area contributed by atoms with Crippen molar-refractivity contribution >= 4 is 17.5 Å². The molecule has 0 saturated heterocycles. The predicted molar refractivity (Wildman–Crippen MR) is 84.2 cm³/mol. The number of esters is 1. The molecule has 1 aliphatic heterocycles. The van der Waals surface area contributed by atoms with Gasteiger partial charge in [-0.3, -0.25) is 9.20 Å². The molecule has 24 heavy (non-hydrogen) atoms. The normalized spacial score (nSPS) is 16.5. The lowest BCUT2D eigenvalue weighted by Crippen LogP contribution is -2.41. The summed E-state index contributed by atoms with van der Waals surface area (Å²) in [4.78, 5) is 24.3. The number of nitrogens with zero attached hydrogens (tertiary/aromatic N) is 3. The minimum Gasteiger partial charge on any atom is -0.448 e. The first-order chi connectivity index (χ1) is 11.7. The smallest absolute Gasteiger partial charge is 0.339 e. The Labute approximate surface area is 137 Å². The van der Waals surface area contributed by atoms with Crippen LogP contribution in [0.5, 0.6) is 0 Å². The van der Waals surface area contributed by atoms with Crippen molar-refractivity contribution in [3.63, 3.8) is 0 Å². The van der Waals surface area contributed by atoms with Gasteiger partial charge in [-0.1, -0.05) is 24.3 Å². The molecule has 3 heterocycles. The SMILES string of the molecule is O=C1OC(C(=O)NCc2nnc3ccccn23)Cc2ccccc21. The van der Waals surface area contributed by atoms with Crippen LogP contribution in [0, 0.1) is 0 Å². The van der Waals surface area contributed by atoms with Crippen LogP contribution in [-0.4, -0.2) is 32.6 Å². The lowest BCUT2D eigenvalue weighted by atomic mass is 9.98. The molecule has 1 atom stereocenters. The molecule has 2 aromatic heterocycles. The number of pyridine rings is 1. The van der Waals surface area contributed by atoms with Crippen molar-refractivity contribution in [2.75, 3.05) is 0 Å². The predicted octanol–water partition coefficient (Wildman–Crippen LogP) is 1.13. The number of carbonyl (C=O) groups is 2. The first-order valence-electron chi connectivity index (χ1n) is 7.57. The average molecular weight is 322 g/mol. The Morgan fingerprint density at radius 2 is 2.04 bits per heavy atom. The molecule has 7 heteroatoms. The van der Waals surface area contributed by atoms with E-state index in [1.807, 2.05) is 36.5 Å². The Morgan fingerprint density at radius 1 is 1.21 bits per heavy atom. The second-order valence-corrected chi connectivity index (χ2v) is 5.52. The number of carbonyl (C=O) groups excluding carboxylic acids is 2. The average Bonchev–Trinajstić information content (AvgIpc) is 3.03. The van der Waals surface area contributed by atoms with Gasteiger partial charge in [-0.25, -0.2) is 4.79 Å². The number of hydrogen-bond acceptors (Lipinski definition) is 5. The first-order valence-corrected chi connectivity index (χ1v) is 7.57. The number of hydrogen-bond donors (Lipinski definition) is 1. The van der Waals surface area contributed by atoms with Crippen molar-refractivity contribution in [2.24, 2.45) is 0 Å². The van der Waals surface area contributed by atoms with Gasteiger partial charge in [0, 0.05) is 12.6 Å². The fraction of sp³-hybridized carbons (Fsp3) is 0.176. The van der Waals surface area contributed by atoms with Gasteiger partial charge in [0.05, 0.1) is 12.1 Å². The van der Waals surface area contributed by atoms with E-state index < -0.39 is 12.1 Å². The van der Waals surface area contributed by atoms with Crippen LogP contribution in [0.2, 0.25) is 0 Å². The summed E-state index contributed by atoms with van der Waals surface area (Å²) in [6.07, 6.45) is 1.37. The van der Waals surface area contributed by atoms with Gasteiger partial charge in [-0.2, -0.15) is 0 Å². The van der Waals surface area contributed by atoms with Crippen molar-refractivity contribution in [1.82, 2.24) is 19.9 Å². The third kappa shape index (κ3) is 2.50. The van der Waals surface area contributed by atoms with E-state index in [0.717, 1.165) is 5.56 Å². The number of nitrogens with one attached hydrogen (secondary N) is 1. The van der Waals surface area contributed by atoms with Crippen molar-refractivity contribution in [3.8, 4) is 0 Å². The summed E-state index contributed by atoms with van der Waals surface area (Å²) in [5.41, 5.74) is 2.05. The van der Waals surface area contributed by atoms with E-state index in [0.29, 0.717) is 23.5 Å². The van der Waals surface area contributed by atoms with Crippen LogP contribution in [0.1, 0.15) is 21.7 Å². The van der Waals surface area contributed by atoms with Gasteiger partial charge in [0.25, 0.3) is 5.91 Å². The zero-order valence-electron chi connectivity index (χ0n) is 12.7. The van der Waals surface area contributed by atoms with E-state index in [9.17, 15) is 9.59 Å². The third-order valence-electron chi connectivity index (χ3n) is 3.99. The lowest BCUT2D eigenvalue weighted by molar-refractivity contribution is -0.130. The van der Waals surface area contributed by atoms with E-state index in [1.165, 1.54) is 0 Å². The van der Waals surface area contributed by atoms with E-state index in [-0.39, 0.29) is 12.5 Å². The maximum absolute atomic E-state index is 12.3. The molecule has 120 valence electrons. The number of cyclic esters (lactones) is 1. The number of rotatable bonds is 3. The fourth-order valence-corrected chi connectivity index (χ4v) is 2.77. The number of amides is 1. The van der Waals surface area contributed by atoms with Crippen LogP contribution in [0.3, 0.4) is 0 Å². The van der Waals surface area contributed by atoms with Crippen LogP contribution in [0.15, 0.2) is 48.7 Å². The Hall–Kier alpha value is -3.22. The number of aromatic nitrogens is 3. The molecule has 0 saturated carbocycles. The Bertz CT molecular complexity index is 934. The van der Waals surface area contributed by atoms with E-state index in [1.54, 1.807) is 16.5 Å². The molecule has 4 rings (SSSR count). The first kappa shape index (κ1) is 14.4. The van der Waals surface area contributed by atoms with Gasteiger partial charge < -0.3 is 10.1 Å². The quantitative estimate of drug-likeness (QED) is 0.731. The molecule has 1 unspecified atom stereocenters. The van der Waals surface area contributed by atoms with Crippen LogP contribution in [0.4, 0.5) is 0 Å². The molecule has 0 aliphatic carbocycles. The van der Waals surface area contributed by atoms with E-state index in [4.69, 9.17) is 4.74 Å². The van der Waals surface area contributed by atoms with E-state index >= 15 is 0 Å². The Balaban J connectivity index is 1.46. The minimum absolute atomic E-state index is 0.208. The monoisotopic (exact) mass is 322 g/mol. The van der Waals surface area contributed by atoms with Gasteiger partial charge in [0.1, 0.15) is 0 Å². The third-order valence-corrected chi connectivity index (χ3v) is 3.99. The Kier molecular flexibility index (Phi) is 3.45.